The normalized spacial score (nSPS) is 16.4. The van der Waals surface area contributed by atoms with E-state index in [9.17, 15) is 4.79 Å². The van der Waals surface area contributed by atoms with E-state index in [1.165, 1.54) is 11.3 Å². The first kappa shape index (κ1) is 13.4. The third-order valence-electron chi connectivity index (χ3n) is 2.61. The van der Waals surface area contributed by atoms with Gasteiger partial charge < -0.3 is 4.74 Å². The highest BCUT2D eigenvalue weighted by molar-refractivity contribution is 7.10. The molecule has 0 fully saturated rings. The minimum atomic E-state index is -0.473. The minimum absolute atomic E-state index is 0.233. The van der Waals surface area contributed by atoms with Gasteiger partial charge in [0.2, 0.25) is 5.90 Å². The molecule has 3 rings (SSSR count). The van der Waals surface area contributed by atoms with E-state index in [0.717, 1.165) is 4.88 Å². The number of aliphatic imine (C=N–C) groups is 1. The van der Waals surface area contributed by atoms with Gasteiger partial charge in [0, 0.05) is 10.4 Å². The summed E-state index contributed by atoms with van der Waals surface area (Å²) in [5.74, 6) is -0.240. The van der Waals surface area contributed by atoms with Crippen molar-refractivity contribution in [2.75, 3.05) is 0 Å². The van der Waals surface area contributed by atoms with Gasteiger partial charge in [0.05, 0.1) is 10.0 Å². The Morgan fingerprint density at radius 2 is 2.05 bits per heavy atom. The van der Waals surface area contributed by atoms with Crippen molar-refractivity contribution in [2.24, 2.45) is 4.99 Å². The first-order valence-electron chi connectivity index (χ1n) is 5.65. The van der Waals surface area contributed by atoms with Crippen LogP contribution in [0.25, 0.3) is 6.08 Å². The molecule has 2 aromatic rings. The number of rotatable bonds is 2. The lowest BCUT2D eigenvalue weighted by molar-refractivity contribution is -0.129. The maximum Gasteiger partial charge on any atom is 0.363 e. The molecule has 3 nitrogen and oxygen atoms in total. The molecule has 0 aliphatic carbocycles. The average Bonchev–Trinajstić information content (AvgIpc) is 3.04. The summed E-state index contributed by atoms with van der Waals surface area (Å²) in [6.45, 7) is 0. The van der Waals surface area contributed by atoms with Crippen LogP contribution in [0.5, 0.6) is 0 Å². The Morgan fingerprint density at radius 3 is 2.75 bits per heavy atom. The molecule has 0 N–H and O–H groups in total. The summed E-state index contributed by atoms with van der Waals surface area (Å²) in [6, 6.07) is 8.76. The summed E-state index contributed by atoms with van der Waals surface area (Å²) in [6.07, 6.45) is 1.69. The number of hydrogen-bond acceptors (Lipinski definition) is 4. The lowest BCUT2D eigenvalue weighted by Gasteiger charge is -2.01. The van der Waals surface area contributed by atoms with Crippen molar-refractivity contribution in [3.05, 3.63) is 61.9 Å². The van der Waals surface area contributed by atoms with Crippen molar-refractivity contribution in [3.63, 3.8) is 0 Å². The van der Waals surface area contributed by atoms with Gasteiger partial charge in [-0.1, -0.05) is 29.3 Å². The van der Waals surface area contributed by atoms with Crippen LogP contribution < -0.4 is 0 Å². The van der Waals surface area contributed by atoms with E-state index in [2.05, 4.69) is 4.99 Å². The second kappa shape index (κ2) is 5.40. The lowest BCUT2D eigenvalue weighted by Crippen LogP contribution is -2.05. The molecule has 0 atom stereocenters. The number of carbonyl (C=O) groups is 1. The summed E-state index contributed by atoms with van der Waals surface area (Å²) in [5, 5.41) is 2.75. The zero-order valence-electron chi connectivity index (χ0n) is 9.97. The van der Waals surface area contributed by atoms with Crippen LogP contribution in [0.2, 0.25) is 10.0 Å². The largest absolute Gasteiger partial charge is 0.402 e. The van der Waals surface area contributed by atoms with Crippen molar-refractivity contribution in [2.45, 2.75) is 0 Å². The zero-order chi connectivity index (χ0) is 14.1. The summed E-state index contributed by atoms with van der Waals surface area (Å²) >= 11 is 13.3. The van der Waals surface area contributed by atoms with Gasteiger partial charge >= 0.3 is 5.97 Å². The third-order valence-corrected chi connectivity index (χ3v) is 4.17. The molecule has 1 aromatic carbocycles. The molecule has 0 unspecified atom stereocenters. The Labute approximate surface area is 129 Å². The maximum atomic E-state index is 11.8. The molecule has 1 aliphatic rings. The van der Waals surface area contributed by atoms with Crippen LogP contribution in [-0.2, 0) is 9.53 Å². The highest BCUT2D eigenvalue weighted by Gasteiger charge is 2.24. The van der Waals surface area contributed by atoms with Crippen LogP contribution in [0.15, 0.2) is 46.4 Å². The van der Waals surface area contributed by atoms with Crippen molar-refractivity contribution in [1.29, 1.82) is 0 Å². The van der Waals surface area contributed by atoms with E-state index in [-0.39, 0.29) is 11.6 Å². The van der Waals surface area contributed by atoms with Crippen molar-refractivity contribution >= 4 is 52.5 Å². The minimum Gasteiger partial charge on any atom is -0.402 e. The Kier molecular flexibility index (Phi) is 3.61. The number of halogens is 2. The van der Waals surface area contributed by atoms with Crippen LogP contribution >= 0.6 is 34.5 Å². The summed E-state index contributed by atoms with van der Waals surface area (Å²) in [4.78, 5) is 16.9. The molecule has 0 bridgehead atoms. The molecule has 0 amide bonds. The van der Waals surface area contributed by atoms with E-state index in [4.69, 9.17) is 27.9 Å². The van der Waals surface area contributed by atoms with Gasteiger partial charge in [0.15, 0.2) is 5.70 Å². The topological polar surface area (TPSA) is 38.7 Å². The highest BCUT2D eigenvalue weighted by Crippen LogP contribution is 2.26. The smallest absolute Gasteiger partial charge is 0.363 e. The van der Waals surface area contributed by atoms with Gasteiger partial charge in [0.1, 0.15) is 0 Å². The summed E-state index contributed by atoms with van der Waals surface area (Å²) in [5.41, 5.74) is 0.885. The van der Waals surface area contributed by atoms with Gasteiger partial charge in [-0.25, -0.2) is 9.79 Å². The number of thiophene rings is 1. The zero-order valence-corrected chi connectivity index (χ0v) is 12.3. The third kappa shape index (κ3) is 2.63. The number of ether oxygens (including phenoxy) is 1. The Morgan fingerprint density at radius 1 is 1.20 bits per heavy atom. The average molecular weight is 324 g/mol. The van der Waals surface area contributed by atoms with E-state index >= 15 is 0 Å². The van der Waals surface area contributed by atoms with E-state index < -0.39 is 5.97 Å². The highest BCUT2D eigenvalue weighted by atomic mass is 35.5. The van der Waals surface area contributed by atoms with Crippen molar-refractivity contribution in [1.82, 2.24) is 0 Å². The number of hydrogen-bond donors (Lipinski definition) is 0. The molecule has 0 radical (unpaired) electrons. The molecule has 20 heavy (non-hydrogen) atoms. The summed E-state index contributed by atoms with van der Waals surface area (Å²) in [7, 11) is 0. The summed E-state index contributed by atoms with van der Waals surface area (Å²) < 4.78 is 5.15. The SMILES string of the molecule is O=C1OC(c2ccc(Cl)c(Cl)c2)=NC1=Cc1cccs1. The first-order chi connectivity index (χ1) is 9.63. The Hall–Kier alpha value is -1.62. The molecule has 6 heteroatoms. The predicted octanol–water partition coefficient (Wildman–Crippen LogP) is 4.40. The van der Waals surface area contributed by atoms with Crippen LogP contribution in [0.3, 0.4) is 0 Å². The molecular weight excluding hydrogens is 317 g/mol. The van der Waals surface area contributed by atoms with Crippen molar-refractivity contribution < 1.29 is 9.53 Å². The van der Waals surface area contributed by atoms with Crippen LogP contribution in [0.4, 0.5) is 0 Å². The van der Waals surface area contributed by atoms with Crippen molar-refractivity contribution in [3.8, 4) is 0 Å². The van der Waals surface area contributed by atoms with Gasteiger partial charge in [-0.05, 0) is 35.7 Å². The van der Waals surface area contributed by atoms with Gasteiger partial charge in [0.25, 0.3) is 0 Å². The number of nitrogens with zero attached hydrogens (tertiary/aromatic N) is 1. The monoisotopic (exact) mass is 323 g/mol. The fraction of sp³-hybridized carbons (Fsp3) is 0. The Balaban J connectivity index is 1.96. The first-order valence-corrected chi connectivity index (χ1v) is 7.28. The van der Waals surface area contributed by atoms with Gasteiger partial charge in [-0.2, -0.15) is 0 Å². The van der Waals surface area contributed by atoms with Gasteiger partial charge in [-0.15, -0.1) is 11.3 Å². The molecule has 0 spiro atoms. The standard InChI is InChI=1S/C14H7Cl2NO2S/c15-10-4-3-8(6-11(10)16)13-17-12(14(18)19-13)7-9-2-1-5-20-9/h1-7H. The number of benzene rings is 1. The number of cyclic esters (lactones) is 1. The molecule has 2 heterocycles. The van der Waals surface area contributed by atoms with Crippen LogP contribution in [0.1, 0.15) is 10.4 Å². The quantitative estimate of drug-likeness (QED) is 0.607. The molecule has 0 saturated carbocycles. The fourth-order valence-corrected chi connectivity index (χ4v) is 2.62. The molecule has 1 aromatic heterocycles. The Bertz CT molecular complexity index is 736. The van der Waals surface area contributed by atoms with Crippen LogP contribution in [-0.4, -0.2) is 11.9 Å². The van der Waals surface area contributed by atoms with Crippen LogP contribution in [0, 0.1) is 0 Å². The van der Waals surface area contributed by atoms with Gasteiger partial charge in [-0.3, -0.25) is 0 Å². The molecule has 1 aliphatic heterocycles. The fourth-order valence-electron chi connectivity index (χ4n) is 1.67. The lowest BCUT2D eigenvalue weighted by atomic mass is 10.2. The molecule has 0 saturated heterocycles. The van der Waals surface area contributed by atoms with E-state index in [1.54, 1.807) is 24.3 Å². The molecule has 100 valence electrons. The second-order valence-corrected chi connectivity index (χ2v) is 5.77. The predicted molar refractivity (Wildman–Crippen MR) is 81.4 cm³/mol. The van der Waals surface area contributed by atoms with E-state index in [1.807, 2.05) is 17.5 Å². The second-order valence-electron chi connectivity index (χ2n) is 3.98. The number of esters is 1. The molecular formula is C14H7Cl2NO2S. The maximum absolute atomic E-state index is 11.8. The van der Waals surface area contributed by atoms with E-state index in [0.29, 0.717) is 15.6 Å². The number of carbonyl (C=O) groups excluding carboxylic acids is 1.